The fourth-order valence-corrected chi connectivity index (χ4v) is 2.46. The number of hydrogen-bond acceptors (Lipinski definition) is 3. The van der Waals surface area contributed by atoms with E-state index in [2.05, 4.69) is 17.6 Å². The van der Waals surface area contributed by atoms with Crippen LogP contribution in [0.4, 0.5) is 0 Å². The Hall–Kier alpha value is -1.10. The molecule has 3 N–H and O–H groups in total. The highest BCUT2D eigenvalue weighted by molar-refractivity contribution is 6.35. The van der Waals surface area contributed by atoms with E-state index < -0.39 is 11.8 Å². The topological polar surface area (TPSA) is 78.4 Å². The Balaban J connectivity index is 2.19. The van der Waals surface area contributed by atoms with Gasteiger partial charge < -0.3 is 15.7 Å². The van der Waals surface area contributed by atoms with Crippen molar-refractivity contribution >= 4 is 11.8 Å². The molecule has 1 rings (SSSR count). The third-order valence-corrected chi connectivity index (χ3v) is 3.75. The van der Waals surface area contributed by atoms with Crippen molar-refractivity contribution in [3.8, 4) is 0 Å². The molecule has 1 saturated carbocycles. The molecule has 0 radical (unpaired) electrons. The summed E-state index contributed by atoms with van der Waals surface area (Å²) in [5.74, 6) is -0.599. The highest BCUT2D eigenvalue weighted by Gasteiger charge is 2.25. The average molecular weight is 270 g/mol. The van der Waals surface area contributed by atoms with Crippen LogP contribution in [-0.4, -0.2) is 36.1 Å². The van der Waals surface area contributed by atoms with Crippen molar-refractivity contribution in [1.29, 1.82) is 0 Å². The first-order valence-electron chi connectivity index (χ1n) is 7.34. The van der Waals surface area contributed by atoms with Gasteiger partial charge in [0.2, 0.25) is 0 Å². The third kappa shape index (κ3) is 6.05. The molecular formula is C14H26N2O3. The zero-order valence-corrected chi connectivity index (χ0v) is 11.8. The van der Waals surface area contributed by atoms with Gasteiger partial charge in [0.15, 0.2) is 0 Å². The number of amides is 2. The fourth-order valence-electron chi connectivity index (χ4n) is 2.46. The lowest BCUT2D eigenvalue weighted by molar-refractivity contribution is -0.140. The van der Waals surface area contributed by atoms with E-state index in [1.165, 1.54) is 6.42 Å². The van der Waals surface area contributed by atoms with Gasteiger partial charge in [0, 0.05) is 19.2 Å². The summed E-state index contributed by atoms with van der Waals surface area (Å²) in [5.41, 5.74) is 0. The summed E-state index contributed by atoms with van der Waals surface area (Å²) in [6.45, 7) is 2.79. The summed E-state index contributed by atoms with van der Waals surface area (Å²) in [4.78, 5) is 23.3. The number of aliphatic hydroxyl groups excluding tert-OH is 1. The molecule has 0 aromatic heterocycles. The molecule has 0 aromatic rings. The maximum Gasteiger partial charge on any atom is 0.309 e. The minimum absolute atomic E-state index is 0.140. The molecule has 19 heavy (non-hydrogen) atoms. The maximum absolute atomic E-state index is 11.7. The Labute approximate surface area is 115 Å². The Morgan fingerprint density at radius 1 is 1.11 bits per heavy atom. The molecule has 0 aliphatic heterocycles. The first kappa shape index (κ1) is 16.0. The third-order valence-electron chi connectivity index (χ3n) is 3.75. The zero-order valence-electron chi connectivity index (χ0n) is 11.8. The molecule has 5 heteroatoms. The van der Waals surface area contributed by atoms with Gasteiger partial charge in [-0.3, -0.25) is 9.59 Å². The molecular weight excluding hydrogens is 244 g/mol. The maximum atomic E-state index is 11.7. The Morgan fingerprint density at radius 3 is 2.53 bits per heavy atom. The number of rotatable bonds is 6. The van der Waals surface area contributed by atoms with Crippen LogP contribution in [0, 0.1) is 5.92 Å². The van der Waals surface area contributed by atoms with E-state index in [1.807, 2.05) is 0 Å². The smallest absolute Gasteiger partial charge is 0.309 e. The second kappa shape index (κ2) is 8.91. The van der Waals surface area contributed by atoms with Crippen LogP contribution in [0.5, 0.6) is 0 Å². The number of carbonyl (C=O) groups is 2. The van der Waals surface area contributed by atoms with Crippen molar-refractivity contribution in [2.75, 3.05) is 13.2 Å². The van der Waals surface area contributed by atoms with Gasteiger partial charge in [0.25, 0.3) is 0 Å². The van der Waals surface area contributed by atoms with Crippen molar-refractivity contribution in [2.24, 2.45) is 5.92 Å². The molecule has 0 heterocycles. The summed E-state index contributed by atoms with van der Waals surface area (Å²) in [7, 11) is 0. The fraction of sp³-hybridized carbons (Fsp3) is 0.857. The number of carbonyl (C=O) groups excluding carboxylic acids is 2. The van der Waals surface area contributed by atoms with E-state index in [1.54, 1.807) is 0 Å². The largest absolute Gasteiger partial charge is 0.396 e. The molecule has 2 unspecified atom stereocenters. The van der Waals surface area contributed by atoms with Crippen LogP contribution in [-0.2, 0) is 9.59 Å². The summed E-state index contributed by atoms with van der Waals surface area (Å²) < 4.78 is 0. The number of nitrogens with one attached hydrogen (secondary N) is 2. The number of hydrogen-bond donors (Lipinski definition) is 3. The van der Waals surface area contributed by atoms with Crippen molar-refractivity contribution in [3.05, 3.63) is 0 Å². The molecule has 2 amide bonds. The van der Waals surface area contributed by atoms with Crippen molar-refractivity contribution < 1.29 is 14.7 Å². The summed E-state index contributed by atoms with van der Waals surface area (Å²) in [6.07, 6.45) is 6.81. The van der Waals surface area contributed by atoms with E-state index in [0.717, 1.165) is 38.5 Å². The van der Waals surface area contributed by atoms with Crippen molar-refractivity contribution in [2.45, 2.75) is 57.9 Å². The van der Waals surface area contributed by atoms with Gasteiger partial charge in [-0.25, -0.2) is 0 Å². The Kier molecular flexibility index (Phi) is 7.48. The van der Waals surface area contributed by atoms with E-state index in [-0.39, 0.29) is 12.6 Å². The predicted octanol–water partition coefficient (Wildman–Crippen LogP) is 0.960. The van der Waals surface area contributed by atoms with Crippen LogP contribution in [0.1, 0.15) is 51.9 Å². The van der Waals surface area contributed by atoms with Gasteiger partial charge in [-0.05, 0) is 38.0 Å². The molecule has 1 aliphatic carbocycles. The lowest BCUT2D eigenvalue weighted by atomic mass is 9.86. The standard InChI is InChI=1S/C14H26N2O3/c1-11-7-3-4-8-12(11)16-14(19)13(18)15-9-5-2-6-10-17/h11-12,17H,2-10H2,1H3,(H,15,18)(H,16,19). The normalized spacial score (nSPS) is 22.8. The van der Waals surface area contributed by atoms with Gasteiger partial charge in [0.05, 0.1) is 0 Å². The van der Waals surface area contributed by atoms with Crippen molar-refractivity contribution in [1.82, 2.24) is 10.6 Å². The first-order valence-corrected chi connectivity index (χ1v) is 7.34. The Morgan fingerprint density at radius 2 is 1.84 bits per heavy atom. The summed E-state index contributed by atoms with van der Waals surface area (Å²) in [5, 5.41) is 14.1. The molecule has 110 valence electrons. The molecule has 0 bridgehead atoms. The second-order valence-corrected chi connectivity index (χ2v) is 5.38. The quantitative estimate of drug-likeness (QED) is 0.497. The second-order valence-electron chi connectivity index (χ2n) is 5.38. The van der Waals surface area contributed by atoms with Gasteiger partial charge >= 0.3 is 11.8 Å². The summed E-state index contributed by atoms with van der Waals surface area (Å²) >= 11 is 0. The molecule has 1 aliphatic rings. The monoisotopic (exact) mass is 270 g/mol. The molecule has 0 spiro atoms. The molecule has 1 fully saturated rings. The SMILES string of the molecule is CC1CCCCC1NC(=O)C(=O)NCCCCCO. The van der Waals surface area contributed by atoms with Crippen LogP contribution in [0.2, 0.25) is 0 Å². The number of unbranched alkanes of at least 4 members (excludes halogenated alkanes) is 2. The van der Waals surface area contributed by atoms with E-state index in [9.17, 15) is 9.59 Å². The zero-order chi connectivity index (χ0) is 14.1. The molecule has 0 aromatic carbocycles. The predicted molar refractivity (Wildman–Crippen MR) is 73.5 cm³/mol. The molecule has 0 saturated heterocycles. The van der Waals surface area contributed by atoms with Gasteiger partial charge in [-0.1, -0.05) is 19.8 Å². The van der Waals surface area contributed by atoms with Gasteiger partial charge in [-0.15, -0.1) is 0 Å². The minimum Gasteiger partial charge on any atom is -0.396 e. The minimum atomic E-state index is -0.540. The number of aliphatic hydroxyl groups is 1. The van der Waals surface area contributed by atoms with Crippen molar-refractivity contribution in [3.63, 3.8) is 0 Å². The van der Waals surface area contributed by atoms with Crippen LogP contribution in [0.3, 0.4) is 0 Å². The Bertz CT molecular complexity index is 294. The average Bonchev–Trinajstić information content (AvgIpc) is 2.41. The van der Waals surface area contributed by atoms with Gasteiger partial charge in [-0.2, -0.15) is 0 Å². The van der Waals surface area contributed by atoms with Crippen LogP contribution in [0.15, 0.2) is 0 Å². The van der Waals surface area contributed by atoms with E-state index >= 15 is 0 Å². The van der Waals surface area contributed by atoms with E-state index in [4.69, 9.17) is 5.11 Å². The van der Waals surface area contributed by atoms with Gasteiger partial charge in [0.1, 0.15) is 0 Å². The highest BCUT2D eigenvalue weighted by atomic mass is 16.3. The summed E-state index contributed by atoms with van der Waals surface area (Å²) in [6, 6.07) is 0.140. The van der Waals surface area contributed by atoms with Crippen LogP contribution in [0.25, 0.3) is 0 Å². The highest BCUT2D eigenvalue weighted by Crippen LogP contribution is 2.23. The van der Waals surface area contributed by atoms with Crippen LogP contribution >= 0.6 is 0 Å². The molecule has 2 atom stereocenters. The lowest BCUT2D eigenvalue weighted by Gasteiger charge is -2.29. The van der Waals surface area contributed by atoms with Crippen LogP contribution < -0.4 is 10.6 Å². The lowest BCUT2D eigenvalue weighted by Crippen LogP contribution is -2.47. The van der Waals surface area contributed by atoms with E-state index in [0.29, 0.717) is 12.5 Å². The first-order chi connectivity index (χ1) is 9.15. The molecule has 5 nitrogen and oxygen atoms in total.